The van der Waals surface area contributed by atoms with Gasteiger partial charge in [-0.2, -0.15) is 0 Å². The summed E-state index contributed by atoms with van der Waals surface area (Å²) in [6.45, 7) is 10.9. The van der Waals surface area contributed by atoms with E-state index in [-0.39, 0.29) is 70.6 Å². The van der Waals surface area contributed by atoms with Crippen molar-refractivity contribution in [1.82, 2.24) is 0 Å². The average Bonchev–Trinajstić information content (AvgIpc) is 3.69. The minimum Gasteiger partial charge on any atom is -0.394 e. The summed E-state index contributed by atoms with van der Waals surface area (Å²) in [6.07, 6.45) is -5.37. The number of methoxy groups -OCH3 is 1. The van der Waals surface area contributed by atoms with E-state index < -0.39 is 67.3 Å². The molecule has 21 atom stereocenters. The Labute approximate surface area is 300 Å². The van der Waals surface area contributed by atoms with Gasteiger partial charge in [0.1, 0.15) is 42.7 Å². The Kier molecular flexibility index (Phi) is 9.16. The Morgan fingerprint density at radius 3 is 2.18 bits per heavy atom. The van der Waals surface area contributed by atoms with Crippen LogP contribution in [0.3, 0.4) is 0 Å². The van der Waals surface area contributed by atoms with Gasteiger partial charge in [-0.25, -0.2) is 0 Å². The standard InChI is InChI=1S/C38H62O13/c1-17-11-18-21(49-31(17)46-6)13-36(5)30-20(48-33-29(45)27(43)26(42)22(14-39)50-33)12-23-34(2,3)24(51-32-28(44)25(41)19(40)15-47-32)7-8-37(23)16-38(30,37)10-9-35(18,36)4/h17-33,39-45H,7-16H2,1-6H3. The van der Waals surface area contributed by atoms with Gasteiger partial charge in [0, 0.05) is 13.0 Å². The molecule has 0 aromatic heterocycles. The van der Waals surface area contributed by atoms with Gasteiger partial charge in [-0.15, -0.1) is 0 Å². The molecule has 2 spiro atoms. The summed E-state index contributed by atoms with van der Waals surface area (Å²) in [5.74, 6) is 0.837. The second-order valence-corrected chi connectivity index (χ2v) is 19.0. The third kappa shape index (κ3) is 5.06. The molecule has 0 amide bonds. The number of aliphatic hydroxyl groups excluding tert-OH is 7. The Morgan fingerprint density at radius 1 is 0.745 bits per heavy atom. The topological polar surface area (TPSA) is 197 Å². The molecule has 3 saturated heterocycles. The highest BCUT2D eigenvalue weighted by Crippen LogP contribution is 2.89. The molecule has 21 unspecified atom stereocenters. The highest BCUT2D eigenvalue weighted by Gasteiger charge is 2.85. The van der Waals surface area contributed by atoms with Crippen LogP contribution in [0.2, 0.25) is 0 Å². The number of aliphatic hydroxyl groups is 7. The predicted octanol–water partition coefficient (Wildman–Crippen LogP) is 1.05. The molecule has 0 aromatic carbocycles. The largest absolute Gasteiger partial charge is 0.394 e. The number of hydrogen-bond acceptors (Lipinski definition) is 13. The van der Waals surface area contributed by atoms with E-state index in [0.29, 0.717) is 12.3 Å². The van der Waals surface area contributed by atoms with Crippen molar-refractivity contribution in [2.75, 3.05) is 20.3 Å². The van der Waals surface area contributed by atoms with Crippen LogP contribution in [0.4, 0.5) is 0 Å². The molecule has 3 heterocycles. The summed E-state index contributed by atoms with van der Waals surface area (Å²) >= 11 is 0. The summed E-state index contributed by atoms with van der Waals surface area (Å²) in [5.41, 5.74) is -0.663. The molecule has 7 N–H and O–H groups in total. The van der Waals surface area contributed by atoms with E-state index in [4.69, 9.17) is 28.4 Å². The van der Waals surface area contributed by atoms with Crippen LogP contribution >= 0.6 is 0 Å². The van der Waals surface area contributed by atoms with Crippen LogP contribution in [0.15, 0.2) is 0 Å². The monoisotopic (exact) mass is 726 g/mol. The number of fused-ring (bicyclic) bond motifs is 4. The lowest BCUT2D eigenvalue weighted by Crippen LogP contribution is -2.65. The SMILES string of the molecule is COC1OC2CC3(C)C4C(OC5OC(CO)C(O)C(O)C5O)CC5C(C)(C)C(OC6OCC(O)C(O)C6O)CCC56CC46CCC3(C)C2CC1C. The van der Waals surface area contributed by atoms with Gasteiger partial charge in [-0.1, -0.05) is 34.6 Å². The summed E-state index contributed by atoms with van der Waals surface area (Å²) in [5, 5.41) is 73.8. The number of hydrogen-bond donors (Lipinski definition) is 7. The van der Waals surface area contributed by atoms with E-state index in [2.05, 4.69) is 34.6 Å². The zero-order chi connectivity index (χ0) is 36.6. The fourth-order valence-electron chi connectivity index (χ4n) is 13.9. The van der Waals surface area contributed by atoms with Crippen molar-refractivity contribution in [2.45, 2.75) is 166 Å². The smallest absolute Gasteiger partial charge is 0.186 e. The van der Waals surface area contributed by atoms with Crippen molar-refractivity contribution in [3.63, 3.8) is 0 Å². The van der Waals surface area contributed by atoms with E-state index in [0.717, 1.165) is 44.9 Å². The summed E-state index contributed by atoms with van der Waals surface area (Å²) in [4.78, 5) is 0. The quantitative estimate of drug-likeness (QED) is 0.192. The van der Waals surface area contributed by atoms with Crippen LogP contribution in [-0.4, -0.2) is 136 Å². The van der Waals surface area contributed by atoms with Gasteiger partial charge in [0.25, 0.3) is 0 Å². The van der Waals surface area contributed by atoms with Crippen LogP contribution in [0.5, 0.6) is 0 Å². The zero-order valence-corrected chi connectivity index (χ0v) is 31.0. The van der Waals surface area contributed by atoms with E-state index in [1.165, 1.54) is 0 Å². The molecule has 0 bridgehead atoms. The lowest BCUT2D eigenvalue weighted by atomic mass is 9.41. The molecule has 292 valence electrons. The Balaban J connectivity index is 1.15. The highest BCUT2D eigenvalue weighted by molar-refractivity contribution is 5.33. The van der Waals surface area contributed by atoms with Crippen molar-refractivity contribution in [3.05, 3.63) is 0 Å². The number of ether oxygens (including phenoxy) is 6. The molecular weight excluding hydrogens is 664 g/mol. The first-order valence-electron chi connectivity index (χ1n) is 19.4. The maximum absolute atomic E-state index is 11.2. The third-order valence-electron chi connectivity index (χ3n) is 16.7. The van der Waals surface area contributed by atoms with Crippen LogP contribution in [0.25, 0.3) is 0 Å². The number of rotatable bonds is 6. The molecular formula is C38H62O13. The molecule has 0 aromatic rings. The van der Waals surface area contributed by atoms with E-state index in [1.54, 1.807) is 7.11 Å². The van der Waals surface area contributed by atoms with Crippen LogP contribution in [0.1, 0.15) is 86.0 Å². The first-order valence-corrected chi connectivity index (χ1v) is 19.4. The normalized spacial score (nSPS) is 60.3. The maximum atomic E-state index is 11.2. The van der Waals surface area contributed by atoms with Gasteiger partial charge in [-0.3, -0.25) is 0 Å². The van der Waals surface area contributed by atoms with Crippen LogP contribution in [-0.2, 0) is 28.4 Å². The average molecular weight is 727 g/mol. The van der Waals surface area contributed by atoms with Crippen LogP contribution in [0, 0.1) is 50.7 Å². The lowest BCUT2D eigenvalue weighted by Gasteiger charge is -2.65. The van der Waals surface area contributed by atoms with Crippen molar-refractivity contribution < 1.29 is 64.2 Å². The molecule has 0 radical (unpaired) electrons. The van der Waals surface area contributed by atoms with Crippen LogP contribution < -0.4 is 0 Å². The van der Waals surface area contributed by atoms with Gasteiger partial charge in [0.15, 0.2) is 18.9 Å². The Hall–Kier alpha value is -0.520. The predicted molar refractivity (Wildman–Crippen MR) is 178 cm³/mol. The molecule has 8 aliphatic rings. The molecule has 13 heteroatoms. The molecule has 8 rings (SSSR count). The van der Waals surface area contributed by atoms with Gasteiger partial charge in [0.05, 0.1) is 31.5 Å². The third-order valence-corrected chi connectivity index (χ3v) is 16.7. The second kappa shape index (κ2) is 12.5. The Morgan fingerprint density at radius 2 is 1.47 bits per heavy atom. The minimum atomic E-state index is -1.54. The molecule has 51 heavy (non-hydrogen) atoms. The van der Waals surface area contributed by atoms with Gasteiger partial charge in [-0.05, 0) is 96.2 Å². The lowest BCUT2D eigenvalue weighted by molar-refractivity contribution is -0.335. The van der Waals surface area contributed by atoms with Gasteiger partial charge < -0.3 is 64.2 Å². The van der Waals surface area contributed by atoms with Crippen molar-refractivity contribution in [1.29, 1.82) is 0 Å². The van der Waals surface area contributed by atoms with E-state index in [9.17, 15) is 35.7 Å². The van der Waals surface area contributed by atoms with E-state index >= 15 is 0 Å². The van der Waals surface area contributed by atoms with Crippen molar-refractivity contribution in [2.24, 2.45) is 50.7 Å². The highest BCUT2D eigenvalue weighted by atomic mass is 16.7. The minimum absolute atomic E-state index is 0.0271. The van der Waals surface area contributed by atoms with Crippen molar-refractivity contribution >= 4 is 0 Å². The molecule has 13 nitrogen and oxygen atoms in total. The maximum Gasteiger partial charge on any atom is 0.186 e. The summed E-state index contributed by atoms with van der Waals surface area (Å²) in [6, 6.07) is 0. The van der Waals surface area contributed by atoms with Gasteiger partial charge >= 0.3 is 0 Å². The van der Waals surface area contributed by atoms with Crippen molar-refractivity contribution in [3.8, 4) is 0 Å². The second-order valence-electron chi connectivity index (χ2n) is 19.0. The Bertz CT molecular complexity index is 1320. The van der Waals surface area contributed by atoms with Gasteiger partial charge in [0.2, 0.25) is 0 Å². The van der Waals surface area contributed by atoms with E-state index in [1.807, 2.05) is 0 Å². The molecule has 8 fully saturated rings. The summed E-state index contributed by atoms with van der Waals surface area (Å²) in [7, 11) is 1.72. The molecule has 3 aliphatic heterocycles. The first kappa shape index (κ1) is 37.4. The first-order chi connectivity index (χ1) is 24.0. The fraction of sp³-hybridized carbons (Fsp3) is 1.00. The molecule has 5 aliphatic carbocycles. The molecule has 5 saturated carbocycles. The zero-order valence-electron chi connectivity index (χ0n) is 31.0. The summed E-state index contributed by atoms with van der Waals surface area (Å²) < 4.78 is 37.7. The fourth-order valence-corrected chi connectivity index (χ4v) is 13.9.